The number of halogens is 6. The average Bonchev–Trinajstić information content (AvgIpc) is 2.49. The van der Waals surface area contributed by atoms with Gasteiger partial charge in [-0.2, -0.15) is 26.3 Å². The first kappa shape index (κ1) is 21.3. The van der Waals surface area contributed by atoms with Crippen LogP contribution >= 0.6 is 0 Å². The normalized spacial score (nSPS) is 13.0. The van der Waals surface area contributed by atoms with Crippen molar-refractivity contribution < 1.29 is 36.2 Å². The Bertz CT molecular complexity index is 551. The van der Waals surface area contributed by atoms with Gasteiger partial charge in [0.2, 0.25) is 5.91 Å². The summed E-state index contributed by atoms with van der Waals surface area (Å²) in [5, 5.41) is 11.6. The van der Waals surface area contributed by atoms with Gasteiger partial charge in [-0.25, -0.2) is 0 Å². The quantitative estimate of drug-likeness (QED) is 0.529. The molecule has 0 bridgehead atoms. The van der Waals surface area contributed by atoms with Crippen LogP contribution in [0.15, 0.2) is 24.3 Å². The van der Waals surface area contributed by atoms with Gasteiger partial charge in [-0.15, -0.1) is 0 Å². The Morgan fingerprint density at radius 1 is 0.960 bits per heavy atom. The van der Waals surface area contributed by atoms with E-state index in [1.54, 1.807) is 0 Å². The van der Waals surface area contributed by atoms with E-state index < -0.39 is 23.5 Å². The monoisotopic (exact) mass is 371 g/mol. The van der Waals surface area contributed by atoms with Crippen LogP contribution in [0.1, 0.15) is 44.6 Å². The minimum Gasteiger partial charge on any atom is -0.369 e. The Hall–Kier alpha value is -1.77. The van der Waals surface area contributed by atoms with Gasteiger partial charge in [-0.3, -0.25) is 4.79 Å². The van der Waals surface area contributed by atoms with E-state index in [2.05, 4.69) is 5.32 Å². The number of alkyl halides is 6. The molecule has 0 saturated carbocycles. The van der Waals surface area contributed by atoms with Crippen molar-refractivity contribution in [3.05, 3.63) is 29.8 Å². The summed E-state index contributed by atoms with van der Waals surface area (Å²) in [6.45, 7) is 2.00. The van der Waals surface area contributed by atoms with Crippen molar-refractivity contribution in [3.63, 3.8) is 0 Å². The fraction of sp³-hybridized carbons (Fsp3) is 0.562. The van der Waals surface area contributed by atoms with E-state index in [1.807, 2.05) is 6.92 Å². The lowest BCUT2D eigenvalue weighted by molar-refractivity contribution is -0.376. The molecule has 1 rings (SSSR count). The first-order chi connectivity index (χ1) is 11.4. The minimum atomic E-state index is -5.94. The average molecular weight is 371 g/mol. The first-order valence-corrected chi connectivity index (χ1v) is 7.69. The molecule has 0 heterocycles. The molecular formula is C16H19F6NO2. The molecule has 0 aliphatic rings. The molecule has 0 spiro atoms. The number of benzene rings is 1. The lowest BCUT2D eigenvalue weighted by Crippen LogP contribution is -2.53. The molecule has 1 aromatic rings. The highest BCUT2D eigenvalue weighted by Gasteiger charge is 2.71. The topological polar surface area (TPSA) is 49.3 Å². The highest BCUT2D eigenvalue weighted by atomic mass is 19.4. The number of nitrogens with one attached hydrogen (secondary N) is 1. The molecule has 0 unspecified atom stereocenters. The molecule has 142 valence electrons. The van der Waals surface area contributed by atoms with Gasteiger partial charge in [0.15, 0.2) is 0 Å². The Balaban J connectivity index is 2.86. The smallest absolute Gasteiger partial charge is 0.369 e. The molecule has 25 heavy (non-hydrogen) atoms. The maximum absolute atomic E-state index is 12.8. The fourth-order valence-corrected chi connectivity index (χ4v) is 2.22. The summed E-state index contributed by atoms with van der Waals surface area (Å²) in [6.07, 6.45) is -8.21. The Labute approximate surface area is 141 Å². The zero-order valence-electron chi connectivity index (χ0n) is 13.5. The molecule has 0 aliphatic carbocycles. The van der Waals surface area contributed by atoms with Crippen molar-refractivity contribution in [2.75, 3.05) is 5.32 Å². The zero-order valence-corrected chi connectivity index (χ0v) is 13.5. The van der Waals surface area contributed by atoms with Crippen LogP contribution in [-0.2, 0) is 10.4 Å². The highest BCUT2D eigenvalue weighted by molar-refractivity contribution is 5.90. The number of carbonyl (C=O) groups excluding carboxylic acids is 1. The summed E-state index contributed by atoms with van der Waals surface area (Å²) >= 11 is 0. The highest BCUT2D eigenvalue weighted by Crippen LogP contribution is 2.50. The number of hydrogen-bond acceptors (Lipinski definition) is 2. The van der Waals surface area contributed by atoms with E-state index in [9.17, 15) is 36.2 Å². The number of rotatable bonds is 7. The van der Waals surface area contributed by atoms with Gasteiger partial charge in [-0.05, 0) is 18.6 Å². The standard InChI is InChI=1S/C16H19F6NO2/c1-2-3-4-5-6-13(24)23-12-9-7-11(8-10-12)14(25,15(17,18)19)16(20,21)22/h7-10,25H,2-6H2,1H3,(H,23,24). The van der Waals surface area contributed by atoms with E-state index in [0.29, 0.717) is 18.6 Å². The number of anilines is 1. The van der Waals surface area contributed by atoms with Gasteiger partial charge in [-0.1, -0.05) is 38.3 Å². The fourth-order valence-electron chi connectivity index (χ4n) is 2.22. The summed E-state index contributed by atoms with van der Waals surface area (Å²) in [6, 6.07) is 2.77. The Kier molecular flexibility index (Phi) is 6.87. The number of carbonyl (C=O) groups is 1. The Morgan fingerprint density at radius 3 is 1.92 bits per heavy atom. The van der Waals surface area contributed by atoms with Crippen LogP contribution in [0.5, 0.6) is 0 Å². The van der Waals surface area contributed by atoms with Gasteiger partial charge in [0, 0.05) is 17.7 Å². The molecule has 0 aromatic heterocycles. The van der Waals surface area contributed by atoms with E-state index in [0.717, 1.165) is 31.4 Å². The predicted molar refractivity (Wildman–Crippen MR) is 79.8 cm³/mol. The van der Waals surface area contributed by atoms with Crippen molar-refractivity contribution >= 4 is 11.6 Å². The maximum atomic E-state index is 12.8. The van der Waals surface area contributed by atoms with Gasteiger partial charge in [0.25, 0.3) is 5.60 Å². The van der Waals surface area contributed by atoms with Crippen LogP contribution in [-0.4, -0.2) is 23.4 Å². The molecule has 0 aliphatic heterocycles. The Morgan fingerprint density at radius 2 is 1.48 bits per heavy atom. The van der Waals surface area contributed by atoms with Crippen molar-refractivity contribution in [1.82, 2.24) is 0 Å². The SMILES string of the molecule is CCCCCCC(=O)Nc1ccc(C(O)(C(F)(F)F)C(F)(F)F)cc1. The van der Waals surface area contributed by atoms with Crippen LogP contribution in [0.4, 0.5) is 32.0 Å². The summed E-state index contributed by atoms with van der Waals surface area (Å²) in [5.74, 6) is -0.384. The van der Waals surface area contributed by atoms with Crippen LogP contribution < -0.4 is 5.32 Å². The molecule has 0 radical (unpaired) electrons. The third kappa shape index (κ3) is 5.10. The van der Waals surface area contributed by atoms with Crippen molar-refractivity contribution in [1.29, 1.82) is 0 Å². The van der Waals surface area contributed by atoms with Gasteiger partial charge < -0.3 is 10.4 Å². The third-order valence-corrected chi connectivity index (χ3v) is 3.66. The molecule has 0 fully saturated rings. The minimum absolute atomic E-state index is 0.0518. The van der Waals surface area contributed by atoms with Crippen LogP contribution in [0, 0.1) is 0 Å². The summed E-state index contributed by atoms with van der Waals surface area (Å²) in [4.78, 5) is 11.7. The van der Waals surface area contributed by atoms with Crippen LogP contribution in [0.3, 0.4) is 0 Å². The van der Waals surface area contributed by atoms with Crippen LogP contribution in [0.25, 0.3) is 0 Å². The van der Waals surface area contributed by atoms with Crippen molar-refractivity contribution in [3.8, 4) is 0 Å². The second kappa shape index (κ2) is 8.07. The maximum Gasteiger partial charge on any atom is 0.430 e. The number of aliphatic hydroxyl groups is 1. The number of unbranched alkanes of at least 4 members (excludes halogenated alkanes) is 3. The molecule has 1 amide bonds. The third-order valence-electron chi connectivity index (χ3n) is 3.66. The molecule has 1 aromatic carbocycles. The predicted octanol–water partition coefficient (Wildman–Crippen LogP) is 4.91. The molecular weight excluding hydrogens is 352 g/mol. The summed E-state index contributed by atoms with van der Waals surface area (Å²) in [5.41, 5.74) is -6.28. The van der Waals surface area contributed by atoms with Crippen LogP contribution in [0.2, 0.25) is 0 Å². The van der Waals surface area contributed by atoms with E-state index >= 15 is 0 Å². The van der Waals surface area contributed by atoms with Crippen molar-refractivity contribution in [2.24, 2.45) is 0 Å². The van der Waals surface area contributed by atoms with E-state index in [4.69, 9.17) is 0 Å². The zero-order chi connectivity index (χ0) is 19.3. The number of hydrogen-bond donors (Lipinski definition) is 2. The molecule has 3 nitrogen and oxygen atoms in total. The largest absolute Gasteiger partial charge is 0.430 e. The van der Waals surface area contributed by atoms with E-state index in [1.165, 1.54) is 0 Å². The molecule has 0 atom stereocenters. The molecule has 0 saturated heterocycles. The summed E-state index contributed by atoms with van der Waals surface area (Å²) in [7, 11) is 0. The van der Waals surface area contributed by atoms with Gasteiger partial charge in [0.05, 0.1) is 0 Å². The van der Waals surface area contributed by atoms with Crippen molar-refractivity contribution in [2.45, 2.75) is 57.0 Å². The lowest BCUT2D eigenvalue weighted by Gasteiger charge is -2.32. The second-order valence-corrected chi connectivity index (χ2v) is 5.64. The molecule has 9 heteroatoms. The number of amides is 1. The van der Waals surface area contributed by atoms with E-state index in [-0.39, 0.29) is 18.0 Å². The lowest BCUT2D eigenvalue weighted by atomic mass is 9.92. The first-order valence-electron chi connectivity index (χ1n) is 7.69. The second-order valence-electron chi connectivity index (χ2n) is 5.64. The summed E-state index contributed by atoms with van der Waals surface area (Å²) < 4.78 is 76.6. The molecule has 2 N–H and O–H groups in total. The van der Waals surface area contributed by atoms with Gasteiger partial charge >= 0.3 is 12.4 Å². The van der Waals surface area contributed by atoms with Gasteiger partial charge in [0.1, 0.15) is 0 Å².